The standard InChI is InChI=1S/C10H18N4O4/c1-8(18-2)3-11-5-10(15)7-13-6-9(4-12-13)14(16)17/h4,6,8,10-11,15H,3,5,7H2,1-2H3. The summed E-state index contributed by atoms with van der Waals surface area (Å²) in [5.74, 6) is 0. The molecule has 1 aromatic rings. The molecule has 2 N–H and O–H groups in total. The van der Waals surface area contributed by atoms with Crippen LogP contribution >= 0.6 is 0 Å². The minimum atomic E-state index is -0.659. The molecule has 0 aromatic carbocycles. The Morgan fingerprint density at radius 2 is 2.39 bits per heavy atom. The van der Waals surface area contributed by atoms with E-state index in [2.05, 4.69) is 10.4 Å². The molecule has 1 heterocycles. The van der Waals surface area contributed by atoms with Crippen molar-refractivity contribution < 1.29 is 14.8 Å². The fourth-order valence-corrected chi connectivity index (χ4v) is 1.36. The number of rotatable bonds is 8. The number of hydrogen-bond donors (Lipinski definition) is 2. The van der Waals surface area contributed by atoms with Crippen LogP contribution in [0, 0.1) is 10.1 Å². The quantitative estimate of drug-likeness (QED) is 0.493. The largest absolute Gasteiger partial charge is 0.390 e. The fraction of sp³-hybridized carbons (Fsp3) is 0.700. The molecule has 0 radical (unpaired) electrons. The molecule has 102 valence electrons. The molecule has 2 unspecified atom stereocenters. The van der Waals surface area contributed by atoms with Gasteiger partial charge in [-0.3, -0.25) is 14.8 Å². The van der Waals surface area contributed by atoms with Crippen molar-refractivity contribution in [3.8, 4) is 0 Å². The van der Waals surface area contributed by atoms with Crippen LogP contribution in [-0.2, 0) is 11.3 Å². The molecule has 0 amide bonds. The van der Waals surface area contributed by atoms with Crippen molar-refractivity contribution in [2.45, 2.75) is 25.7 Å². The van der Waals surface area contributed by atoms with Gasteiger partial charge in [-0.2, -0.15) is 5.10 Å². The molecule has 8 nitrogen and oxygen atoms in total. The molecule has 0 saturated carbocycles. The zero-order chi connectivity index (χ0) is 13.5. The van der Waals surface area contributed by atoms with Crippen LogP contribution in [0.25, 0.3) is 0 Å². The number of nitro groups is 1. The molecular weight excluding hydrogens is 240 g/mol. The summed E-state index contributed by atoms with van der Waals surface area (Å²) >= 11 is 0. The van der Waals surface area contributed by atoms with Crippen LogP contribution < -0.4 is 5.32 Å². The summed E-state index contributed by atoms with van der Waals surface area (Å²) in [6.45, 7) is 3.13. The minimum absolute atomic E-state index is 0.0722. The molecule has 0 aliphatic carbocycles. The van der Waals surface area contributed by atoms with Crippen LogP contribution in [0.1, 0.15) is 6.92 Å². The first-order valence-electron chi connectivity index (χ1n) is 5.61. The highest BCUT2D eigenvalue weighted by Gasteiger charge is 2.11. The van der Waals surface area contributed by atoms with Gasteiger partial charge in [0, 0.05) is 20.2 Å². The predicted molar refractivity (Wildman–Crippen MR) is 64.2 cm³/mol. The first-order valence-corrected chi connectivity index (χ1v) is 5.61. The third-order valence-electron chi connectivity index (χ3n) is 2.44. The third kappa shape index (κ3) is 4.78. The maximum absolute atomic E-state index is 10.4. The zero-order valence-corrected chi connectivity index (χ0v) is 10.4. The lowest BCUT2D eigenvalue weighted by atomic mass is 10.3. The number of aliphatic hydroxyl groups excluding tert-OH is 1. The molecule has 0 saturated heterocycles. The summed E-state index contributed by atoms with van der Waals surface area (Å²) < 4.78 is 6.39. The molecule has 8 heteroatoms. The lowest BCUT2D eigenvalue weighted by molar-refractivity contribution is -0.385. The van der Waals surface area contributed by atoms with E-state index in [1.807, 2.05) is 6.92 Å². The van der Waals surface area contributed by atoms with E-state index in [0.29, 0.717) is 13.1 Å². The van der Waals surface area contributed by atoms with E-state index >= 15 is 0 Å². The molecule has 0 aliphatic rings. The van der Waals surface area contributed by atoms with Crippen LogP contribution in [0.15, 0.2) is 12.4 Å². The summed E-state index contributed by atoms with van der Waals surface area (Å²) in [5, 5.41) is 27.0. The van der Waals surface area contributed by atoms with E-state index in [1.54, 1.807) is 7.11 Å². The lowest BCUT2D eigenvalue weighted by Gasteiger charge is -2.14. The van der Waals surface area contributed by atoms with Gasteiger partial charge in [0.1, 0.15) is 12.4 Å². The Bertz CT molecular complexity index is 382. The zero-order valence-electron chi connectivity index (χ0n) is 10.4. The molecule has 0 fully saturated rings. The van der Waals surface area contributed by atoms with E-state index in [9.17, 15) is 15.2 Å². The highest BCUT2D eigenvalue weighted by atomic mass is 16.6. The maximum atomic E-state index is 10.4. The van der Waals surface area contributed by atoms with Crippen molar-refractivity contribution in [1.82, 2.24) is 15.1 Å². The Kier molecular flexibility index (Phi) is 5.69. The van der Waals surface area contributed by atoms with Crippen molar-refractivity contribution >= 4 is 5.69 Å². The molecule has 1 rings (SSSR count). The second-order valence-electron chi connectivity index (χ2n) is 4.04. The second-order valence-corrected chi connectivity index (χ2v) is 4.04. The van der Waals surface area contributed by atoms with Gasteiger partial charge in [0.05, 0.1) is 23.7 Å². The summed E-state index contributed by atoms with van der Waals surface area (Å²) in [6.07, 6.45) is 1.87. The van der Waals surface area contributed by atoms with Crippen LogP contribution in [0.4, 0.5) is 5.69 Å². The second kappa shape index (κ2) is 7.04. The number of nitrogens with one attached hydrogen (secondary N) is 1. The monoisotopic (exact) mass is 258 g/mol. The smallest absolute Gasteiger partial charge is 0.306 e. The first kappa shape index (κ1) is 14.6. The van der Waals surface area contributed by atoms with Gasteiger partial charge in [-0.15, -0.1) is 0 Å². The Labute approximate surface area is 105 Å². The van der Waals surface area contributed by atoms with Crippen molar-refractivity contribution in [3.05, 3.63) is 22.5 Å². The molecule has 2 atom stereocenters. The number of ether oxygens (including phenoxy) is 1. The molecule has 0 spiro atoms. The van der Waals surface area contributed by atoms with Crippen LogP contribution in [0.3, 0.4) is 0 Å². The summed E-state index contributed by atoms with van der Waals surface area (Å²) in [5.41, 5.74) is -0.0804. The van der Waals surface area contributed by atoms with Gasteiger partial charge in [0.2, 0.25) is 0 Å². The van der Waals surface area contributed by atoms with Crippen molar-refractivity contribution in [3.63, 3.8) is 0 Å². The predicted octanol–water partition coefficient (Wildman–Crippen LogP) is -0.223. The average molecular weight is 258 g/mol. The van der Waals surface area contributed by atoms with Crippen LogP contribution in [-0.4, -0.2) is 52.2 Å². The summed E-state index contributed by atoms with van der Waals surface area (Å²) in [7, 11) is 1.62. The van der Waals surface area contributed by atoms with Gasteiger partial charge in [-0.1, -0.05) is 0 Å². The number of aliphatic hydroxyl groups is 1. The van der Waals surface area contributed by atoms with Gasteiger partial charge in [0.25, 0.3) is 0 Å². The highest BCUT2D eigenvalue weighted by molar-refractivity contribution is 5.20. The van der Waals surface area contributed by atoms with E-state index in [4.69, 9.17) is 4.74 Å². The average Bonchev–Trinajstić information content (AvgIpc) is 2.77. The van der Waals surface area contributed by atoms with Crippen molar-refractivity contribution in [1.29, 1.82) is 0 Å². The Morgan fingerprint density at radius 3 is 2.94 bits per heavy atom. The van der Waals surface area contributed by atoms with E-state index in [1.165, 1.54) is 10.9 Å². The number of hydrogen-bond acceptors (Lipinski definition) is 6. The molecule has 0 bridgehead atoms. The number of methoxy groups -OCH3 is 1. The minimum Gasteiger partial charge on any atom is -0.390 e. The first-order chi connectivity index (χ1) is 8.52. The fourth-order valence-electron chi connectivity index (χ4n) is 1.36. The molecule has 1 aromatic heterocycles. The lowest BCUT2D eigenvalue weighted by Crippen LogP contribution is -2.34. The Balaban J connectivity index is 2.30. The highest BCUT2D eigenvalue weighted by Crippen LogP contribution is 2.07. The Hall–Kier alpha value is -1.51. The maximum Gasteiger partial charge on any atom is 0.306 e. The van der Waals surface area contributed by atoms with Crippen LogP contribution in [0.5, 0.6) is 0 Å². The number of nitrogens with zero attached hydrogens (tertiary/aromatic N) is 3. The molecule has 18 heavy (non-hydrogen) atoms. The van der Waals surface area contributed by atoms with E-state index in [-0.39, 0.29) is 18.3 Å². The topological polar surface area (TPSA) is 102 Å². The summed E-state index contributed by atoms with van der Waals surface area (Å²) in [4.78, 5) is 9.92. The van der Waals surface area contributed by atoms with E-state index < -0.39 is 11.0 Å². The Morgan fingerprint density at radius 1 is 1.67 bits per heavy atom. The van der Waals surface area contributed by atoms with Gasteiger partial charge < -0.3 is 15.2 Å². The normalized spacial score (nSPS) is 14.4. The van der Waals surface area contributed by atoms with E-state index in [0.717, 1.165) is 6.20 Å². The van der Waals surface area contributed by atoms with Gasteiger partial charge >= 0.3 is 5.69 Å². The molecule has 0 aliphatic heterocycles. The van der Waals surface area contributed by atoms with Gasteiger partial charge in [-0.05, 0) is 6.92 Å². The van der Waals surface area contributed by atoms with Crippen LogP contribution in [0.2, 0.25) is 0 Å². The molecular formula is C10H18N4O4. The van der Waals surface area contributed by atoms with Gasteiger partial charge in [-0.25, -0.2) is 0 Å². The van der Waals surface area contributed by atoms with Crippen molar-refractivity contribution in [2.24, 2.45) is 0 Å². The SMILES string of the molecule is COC(C)CNCC(O)Cn1cc([N+](=O)[O-])cn1. The number of aromatic nitrogens is 2. The third-order valence-corrected chi connectivity index (χ3v) is 2.44. The van der Waals surface area contributed by atoms with Gasteiger partial charge in [0.15, 0.2) is 0 Å². The summed E-state index contributed by atoms with van der Waals surface area (Å²) in [6, 6.07) is 0. The van der Waals surface area contributed by atoms with Crippen molar-refractivity contribution in [2.75, 3.05) is 20.2 Å².